The predicted molar refractivity (Wildman–Crippen MR) is 130 cm³/mol. The third kappa shape index (κ3) is 7.30. The van der Waals surface area contributed by atoms with Gasteiger partial charge in [0.25, 0.3) is 0 Å². The molecule has 0 bridgehead atoms. The van der Waals surface area contributed by atoms with Gasteiger partial charge in [0.15, 0.2) is 5.96 Å². The molecule has 1 saturated heterocycles. The molecule has 1 amide bonds. The Balaban J connectivity index is 0.00000341. The van der Waals surface area contributed by atoms with Gasteiger partial charge >= 0.3 is 0 Å². The molecule has 2 aromatic rings. The third-order valence-corrected chi connectivity index (χ3v) is 5.00. The number of benzene rings is 1. The highest BCUT2D eigenvalue weighted by Gasteiger charge is 2.22. The molecule has 10 heteroatoms. The van der Waals surface area contributed by atoms with E-state index >= 15 is 0 Å². The van der Waals surface area contributed by atoms with Crippen LogP contribution in [0.15, 0.2) is 41.7 Å². The van der Waals surface area contributed by atoms with E-state index in [1.165, 1.54) is 6.07 Å². The summed E-state index contributed by atoms with van der Waals surface area (Å²) in [5.74, 6) is 1.21. The number of carbonyl (C=O) groups is 1. The van der Waals surface area contributed by atoms with Crippen molar-refractivity contribution in [3.8, 4) is 0 Å². The van der Waals surface area contributed by atoms with Gasteiger partial charge in [-0.2, -0.15) is 0 Å². The number of aryl methyl sites for hydroxylation is 1. The number of rotatable bonds is 6. The van der Waals surface area contributed by atoms with E-state index in [2.05, 4.69) is 30.5 Å². The molecule has 3 rings (SSSR count). The summed E-state index contributed by atoms with van der Waals surface area (Å²) in [4.78, 5) is 29.2. The van der Waals surface area contributed by atoms with Crippen LogP contribution in [0.3, 0.4) is 0 Å². The van der Waals surface area contributed by atoms with Crippen LogP contribution in [0, 0.1) is 12.7 Å². The van der Waals surface area contributed by atoms with Crippen molar-refractivity contribution < 1.29 is 9.18 Å². The fraction of sp³-hybridized carbons (Fsp3) is 0.429. The highest BCUT2D eigenvalue weighted by atomic mass is 127. The number of aromatic nitrogens is 2. The molecule has 1 aromatic carbocycles. The largest absolute Gasteiger partial charge is 0.356 e. The maximum atomic E-state index is 13.4. The van der Waals surface area contributed by atoms with E-state index in [-0.39, 0.29) is 35.7 Å². The number of nitrogens with zero attached hydrogens (tertiary/aromatic N) is 5. The number of aliphatic imine (C=N–C) groups is 1. The molecular formula is C21H29FIN7O. The Morgan fingerprint density at radius 1 is 1.16 bits per heavy atom. The highest BCUT2D eigenvalue weighted by molar-refractivity contribution is 14.0. The van der Waals surface area contributed by atoms with Gasteiger partial charge in [-0.05, 0) is 30.2 Å². The molecule has 1 aliphatic rings. The van der Waals surface area contributed by atoms with Crippen molar-refractivity contribution in [3.63, 3.8) is 0 Å². The molecule has 0 radical (unpaired) electrons. The van der Waals surface area contributed by atoms with Crippen molar-refractivity contribution in [1.29, 1.82) is 0 Å². The molecule has 0 unspecified atom stereocenters. The molecule has 168 valence electrons. The van der Waals surface area contributed by atoms with Crippen molar-refractivity contribution in [1.82, 2.24) is 25.5 Å². The van der Waals surface area contributed by atoms with Crippen LogP contribution in [0.4, 0.5) is 10.3 Å². The van der Waals surface area contributed by atoms with Gasteiger partial charge in [-0.1, -0.05) is 12.1 Å². The second-order valence-electron chi connectivity index (χ2n) is 7.10. The lowest BCUT2D eigenvalue weighted by atomic mass is 10.1. The summed E-state index contributed by atoms with van der Waals surface area (Å²) in [5.41, 5.74) is 1.58. The van der Waals surface area contributed by atoms with E-state index in [0.29, 0.717) is 50.1 Å². The molecule has 0 saturated carbocycles. The SMILES string of the molecule is CN=C(NCCC(=O)N1CCN(c2ncccn2)CC1)NCc1ccc(F)c(C)c1.I. The van der Waals surface area contributed by atoms with Gasteiger partial charge in [-0.15, -0.1) is 24.0 Å². The molecule has 2 N–H and O–H groups in total. The van der Waals surface area contributed by atoms with Gasteiger partial charge in [0.1, 0.15) is 5.82 Å². The zero-order valence-electron chi connectivity index (χ0n) is 17.8. The number of guanidine groups is 1. The fourth-order valence-electron chi connectivity index (χ4n) is 3.28. The van der Waals surface area contributed by atoms with Crippen LogP contribution in [-0.2, 0) is 11.3 Å². The molecule has 1 aromatic heterocycles. The van der Waals surface area contributed by atoms with Crippen molar-refractivity contribution in [2.75, 3.05) is 44.7 Å². The highest BCUT2D eigenvalue weighted by Crippen LogP contribution is 2.10. The summed E-state index contributed by atoms with van der Waals surface area (Å²) in [7, 11) is 1.68. The van der Waals surface area contributed by atoms with Gasteiger partial charge in [-0.3, -0.25) is 9.79 Å². The summed E-state index contributed by atoms with van der Waals surface area (Å²) in [6.07, 6.45) is 3.84. The van der Waals surface area contributed by atoms with Gasteiger partial charge in [0, 0.05) is 65.1 Å². The minimum atomic E-state index is -0.211. The topological polar surface area (TPSA) is 85.8 Å². The Bertz CT molecular complexity index is 873. The Morgan fingerprint density at radius 3 is 2.52 bits per heavy atom. The number of hydrogen-bond donors (Lipinski definition) is 2. The van der Waals surface area contributed by atoms with Crippen LogP contribution < -0.4 is 15.5 Å². The van der Waals surface area contributed by atoms with Gasteiger partial charge in [0.2, 0.25) is 11.9 Å². The van der Waals surface area contributed by atoms with Crippen molar-refractivity contribution in [2.45, 2.75) is 19.9 Å². The van der Waals surface area contributed by atoms with Crippen molar-refractivity contribution >= 4 is 41.8 Å². The molecule has 0 aliphatic carbocycles. The van der Waals surface area contributed by atoms with Crippen molar-refractivity contribution in [3.05, 3.63) is 53.6 Å². The van der Waals surface area contributed by atoms with Crippen molar-refractivity contribution in [2.24, 2.45) is 4.99 Å². The van der Waals surface area contributed by atoms with Crippen LogP contribution in [0.1, 0.15) is 17.5 Å². The predicted octanol–water partition coefficient (Wildman–Crippen LogP) is 1.95. The van der Waals surface area contributed by atoms with E-state index in [1.54, 1.807) is 44.6 Å². The molecule has 1 fully saturated rings. The van der Waals surface area contributed by atoms with E-state index < -0.39 is 0 Å². The smallest absolute Gasteiger partial charge is 0.225 e. The summed E-state index contributed by atoms with van der Waals surface area (Å²) in [6, 6.07) is 6.80. The number of halogens is 2. The maximum absolute atomic E-state index is 13.4. The first-order valence-corrected chi connectivity index (χ1v) is 10.1. The molecular weight excluding hydrogens is 512 g/mol. The van der Waals surface area contributed by atoms with Crippen LogP contribution in [0.25, 0.3) is 0 Å². The lowest BCUT2D eigenvalue weighted by Crippen LogP contribution is -2.50. The monoisotopic (exact) mass is 541 g/mol. The zero-order valence-corrected chi connectivity index (χ0v) is 20.2. The molecule has 2 heterocycles. The standard InChI is InChI=1S/C21H28FN7O.HI/c1-16-14-17(4-5-18(16)22)15-27-20(23-2)24-9-6-19(30)28-10-12-29(13-11-28)21-25-7-3-8-26-21;/h3-5,7-8,14H,6,9-13,15H2,1-2H3,(H2,23,24,27);1H. The summed E-state index contributed by atoms with van der Waals surface area (Å²) in [6.45, 7) is 5.53. The Kier molecular flexibility index (Phi) is 9.89. The van der Waals surface area contributed by atoms with Gasteiger partial charge in [-0.25, -0.2) is 14.4 Å². The first-order valence-electron chi connectivity index (χ1n) is 10.1. The number of hydrogen-bond acceptors (Lipinski definition) is 5. The quantitative estimate of drug-likeness (QED) is 0.331. The molecule has 1 aliphatic heterocycles. The number of carbonyl (C=O) groups excluding carboxylic acids is 1. The van der Waals surface area contributed by atoms with Crippen LogP contribution in [0.5, 0.6) is 0 Å². The fourth-order valence-corrected chi connectivity index (χ4v) is 3.28. The molecule has 8 nitrogen and oxygen atoms in total. The van der Waals surface area contributed by atoms with Gasteiger partial charge < -0.3 is 20.4 Å². The second kappa shape index (κ2) is 12.4. The zero-order chi connectivity index (χ0) is 21.3. The molecule has 0 spiro atoms. The van der Waals surface area contributed by atoms with E-state index in [4.69, 9.17) is 0 Å². The van der Waals surface area contributed by atoms with E-state index in [0.717, 1.165) is 18.7 Å². The first-order chi connectivity index (χ1) is 14.6. The average molecular weight is 541 g/mol. The molecule has 31 heavy (non-hydrogen) atoms. The summed E-state index contributed by atoms with van der Waals surface area (Å²) < 4.78 is 13.4. The molecule has 0 atom stereocenters. The Morgan fingerprint density at radius 2 is 1.87 bits per heavy atom. The minimum absolute atomic E-state index is 0. The number of amides is 1. The average Bonchev–Trinajstić information content (AvgIpc) is 2.79. The minimum Gasteiger partial charge on any atom is -0.356 e. The number of anilines is 1. The lowest BCUT2D eigenvalue weighted by molar-refractivity contribution is -0.131. The number of piperazine rings is 1. The van der Waals surface area contributed by atoms with Crippen LogP contribution >= 0.6 is 24.0 Å². The normalized spacial score (nSPS) is 14.1. The Labute approximate surface area is 199 Å². The van der Waals surface area contributed by atoms with Crippen LogP contribution in [0.2, 0.25) is 0 Å². The van der Waals surface area contributed by atoms with Gasteiger partial charge in [0.05, 0.1) is 0 Å². The third-order valence-electron chi connectivity index (χ3n) is 5.00. The van der Waals surface area contributed by atoms with E-state index in [1.807, 2.05) is 4.90 Å². The second-order valence-corrected chi connectivity index (χ2v) is 7.10. The van der Waals surface area contributed by atoms with Crippen LogP contribution in [-0.4, -0.2) is 66.5 Å². The first kappa shape index (κ1) is 24.8. The summed E-state index contributed by atoms with van der Waals surface area (Å²) >= 11 is 0. The summed E-state index contributed by atoms with van der Waals surface area (Å²) in [5, 5.41) is 6.34. The van der Waals surface area contributed by atoms with E-state index in [9.17, 15) is 9.18 Å². The lowest BCUT2D eigenvalue weighted by Gasteiger charge is -2.34. The Hall–Kier alpha value is -2.50. The maximum Gasteiger partial charge on any atom is 0.225 e. The number of nitrogens with one attached hydrogen (secondary N) is 2.